The van der Waals surface area contributed by atoms with E-state index in [0.717, 1.165) is 44.8 Å². The van der Waals surface area contributed by atoms with Gasteiger partial charge in [0.15, 0.2) is 0 Å². The molecule has 9 heteroatoms. The number of amides is 2. The van der Waals surface area contributed by atoms with Crippen LogP contribution in [0, 0.1) is 5.82 Å². The summed E-state index contributed by atoms with van der Waals surface area (Å²) in [5.74, 6) is 1.03. The van der Waals surface area contributed by atoms with E-state index < -0.39 is 5.82 Å². The Morgan fingerprint density at radius 3 is 2.78 bits per heavy atom. The lowest BCUT2D eigenvalue weighted by molar-refractivity contribution is -0.0279. The molecular formula is C23H27FN6O2. The van der Waals surface area contributed by atoms with Crippen LogP contribution in [0.3, 0.4) is 0 Å². The second-order valence-corrected chi connectivity index (χ2v) is 8.95. The monoisotopic (exact) mass is 438 g/mol. The predicted molar refractivity (Wildman–Crippen MR) is 120 cm³/mol. The van der Waals surface area contributed by atoms with E-state index in [1.807, 2.05) is 10.6 Å². The van der Waals surface area contributed by atoms with Gasteiger partial charge >= 0.3 is 6.03 Å². The van der Waals surface area contributed by atoms with Crippen LogP contribution in [0.2, 0.25) is 0 Å². The van der Waals surface area contributed by atoms with Gasteiger partial charge in [0.05, 0.1) is 24.1 Å². The fourth-order valence-corrected chi connectivity index (χ4v) is 4.38. The largest absolute Gasteiger partial charge is 0.372 e. The molecule has 5 rings (SSSR count). The van der Waals surface area contributed by atoms with Gasteiger partial charge in [0, 0.05) is 43.6 Å². The highest BCUT2D eigenvalue weighted by molar-refractivity contribution is 5.90. The summed E-state index contributed by atoms with van der Waals surface area (Å²) < 4.78 is 22.4. The minimum Gasteiger partial charge on any atom is -0.372 e. The number of ether oxygens (including phenoxy) is 1. The number of nitrogens with one attached hydrogen (secondary N) is 1. The van der Waals surface area contributed by atoms with Gasteiger partial charge < -0.3 is 19.9 Å². The van der Waals surface area contributed by atoms with Crippen LogP contribution in [0.4, 0.5) is 20.7 Å². The van der Waals surface area contributed by atoms with Crippen LogP contribution >= 0.6 is 0 Å². The van der Waals surface area contributed by atoms with Crippen LogP contribution in [0.1, 0.15) is 26.7 Å². The number of carbonyl (C=O) groups excluding carboxylic acids is 1. The molecule has 32 heavy (non-hydrogen) atoms. The minimum atomic E-state index is -0.400. The van der Waals surface area contributed by atoms with Crippen molar-refractivity contribution in [1.82, 2.24) is 19.3 Å². The molecule has 0 atom stereocenters. The lowest BCUT2D eigenvalue weighted by Gasteiger charge is -2.38. The Bertz CT molecular complexity index is 1150. The van der Waals surface area contributed by atoms with Crippen LogP contribution < -0.4 is 10.2 Å². The van der Waals surface area contributed by atoms with Gasteiger partial charge in [-0.1, -0.05) is 0 Å². The van der Waals surface area contributed by atoms with Crippen LogP contribution in [0.25, 0.3) is 17.0 Å². The maximum absolute atomic E-state index is 14.7. The van der Waals surface area contributed by atoms with Crippen molar-refractivity contribution < 1.29 is 13.9 Å². The van der Waals surface area contributed by atoms with E-state index in [1.165, 1.54) is 6.07 Å². The van der Waals surface area contributed by atoms with Crippen molar-refractivity contribution in [2.45, 2.75) is 32.3 Å². The first-order chi connectivity index (χ1) is 15.4. The number of urea groups is 1. The fourth-order valence-electron chi connectivity index (χ4n) is 4.38. The summed E-state index contributed by atoms with van der Waals surface area (Å²) >= 11 is 0. The summed E-state index contributed by atoms with van der Waals surface area (Å²) in [5.41, 5.74) is 1.09. The number of fused-ring (bicyclic) bond motifs is 1. The van der Waals surface area contributed by atoms with Gasteiger partial charge in [-0.05, 0) is 51.0 Å². The number of imidazole rings is 1. The quantitative estimate of drug-likeness (QED) is 0.674. The zero-order valence-electron chi connectivity index (χ0n) is 18.3. The maximum atomic E-state index is 14.7. The van der Waals surface area contributed by atoms with Gasteiger partial charge in [-0.2, -0.15) is 0 Å². The highest BCUT2D eigenvalue weighted by Crippen LogP contribution is 2.28. The molecule has 168 valence electrons. The molecule has 2 aromatic heterocycles. The summed E-state index contributed by atoms with van der Waals surface area (Å²) in [6.07, 6.45) is 5.68. The molecule has 0 spiro atoms. The molecule has 3 aromatic rings. The molecule has 0 radical (unpaired) electrons. The second-order valence-electron chi connectivity index (χ2n) is 8.95. The Balaban J connectivity index is 1.41. The van der Waals surface area contributed by atoms with Crippen molar-refractivity contribution >= 4 is 23.3 Å². The number of hydrogen-bond acceptors (Lipinski definition) is 5. The Morgan fingerprint density at radius 1 is 1.19 bits per heavy atom. The van der Waals surface area contributed by atoms with Crippen molar-refractivity contribution in [3.05, 3.63) is 42.5 Å². The molecule has 0 saturated carbocycles. The zero-order chi connectivity index (χ0) is 22.3. The smallest absolute Gasteiger partial charge is 0.321 e. The first-order valence-electron chi connectivity index (χ1n) is 11.0. The van der Waals surface area contributed by atoms with Crippen LogP contribution in [-0.4, -0.2) is 63.7 Å². The van der Waals surface area contributed by atoms with E-state index in [4.69, 9.17) is 4.74 Å². The number of rotatable bonds is 3. The Labute approximate surface area is 186 Å². The number of benzene rings is 1. The fraction of sp³-hybridized carbons (Fsp3) is 0.435. The molecule has 2 aliphatic heterocycles. The number of halogens is 1. The average molecular weight is 439 g/mol. The van der Waals surface area contributed by atoms with E-state index >= 15 is 0 Å². The van der Waals surface area contributed by atoms with Crippen LogP contribution in [0.15, 0.2) is 36.7 Å². The molecule has 4 heterocycles. The topological polar surface area (TPSA) is 75.0 Å². The van der Waals surface area contributed by atoms with Crippen molar-refractivity contribution in [3.8, 4) is 11.3 Å². The average Bonchev–Trinajstić information content (AvgIpc) is 3.44. The maximum Gasteiger partial charge on any atom is 0.321 e. The Morgan fingerprint density at radius 2 is 2.00 bits per heavy atom. The second kappa shape index (κ2) is 8.05. The normalized spacial score (nSPS) is 18.3. The third-order valence-corrected chi connectivity index (χ3v) is 6.00. The molecule has 0 bridgehead atoms. The van der Waals surface area contributed by atoms with Gasteiger partial charge in [-0.25, -0.2) is 19.2 Å². The van der Waals surface area contributed by atoms with E-state index in [9.17, 15) is 9.18 Å². The van der Waals surface area contributed by atoms with Crippen molar-refractivity contribution in [1.29, 1.82) is 0 Å². The molecule has 0 aliphatic carbocycles. The summed E-state index contributed by atoms with van der Waals surface area (Å²) in [5, 5.41) is 2.87. The third kappa shape index (κ3) is 4.00. The summed E-state index contributed by atoms with van der Waals surface area (Å²) in [7, 11) is 0. The predicted octanol–water partition coefficient (Wildman–Crippen LogP) is 3.78. The van der Waals surface area contributed by atoms with E-state index in [0.29, 0.717) is 29.3 Å². The highest BCUT2D eigenvalue weighted by Gasteiger charge is 2.29. The molecule has 0 unspecified atom stereocenters. The summed E-state index contributed by atoms with van der Waals surface area (Å²) in [6, 6.07) is 6.16. The van der Waals surface area contributed by atoms with Gasteiger partial charge in [0.25, 0.3) is 0 Å². The Kier molecular flexibility index (Phi) is 5.21. The molecular weight excluding hydrogens is 411 g/mol. The van der Waals surface area contributed by atoms with E-state index in [-0.39, 0.29) is 11.6 Å². The highest BCUT2D eigenvalue weighted by atomic mass is 19.1. The zero-order valence-corrected chi connectivity index (χ0v) is 18.3. The molecule has 2 aliphatic rings. The number of likely N-dealkylation sites (tertiary alicyclic amines) is 1. The summed E-state index contributed by atoms with van der Waals surface area (Å²) in [6.45, 7) is 7.80. The summed E-state index contributed by atoms with van der Waals surface area (Å²) in [4.78, 5) is 25.4. The number of carbonyl (C=O) groups is 1. The lowest BCUT2D eigenvalue weighted by atomic mass is 10.1. The molecule has 8 nitrogen and oxygen atoms in total. The lowest BCUT2D eigenvalue weighted by Crippen LogP contribution is -2.48. The molecule has 2 fully saturated rings. The van der Waals surface area contributed by atoms with Crippen molar-refractivity contribution in [3.63, 3.8) is 0 Å². The number of morpholine rings is 1. The number of aromatic nitrogens is 3. The molecule has 1 aromatic carbocycles. The van der Waals surface area contributed by atoms with Gasteiger partial charge in [0.1, 0.15) is 11.6 Å². The molecule has 1 N–H and O–H groups in total. The van der Waals surface area contributed by atoms with E-state index in [2.05, 4.69) is 34.0 Å². The van der Waals surface area contributed by atoms with Gasteiger partial charge in [0.2, 0.25) is 5.78 Å². The Hall–Kier alpha value is -3.20. The van der Waals surface area contributed by atoms with Crippen LogP contribution in [-0.2, 0) is 4.74 Å². The number of nitrogens with zero attached hydrogens (tertiary/aromatic N) is 5. The molecule has 2 saturated heterocycles. The third-order valence-electron chi connectivity index (χ3n) is 6.00. The van der Waals surface area contributed by atoms with Crippen molar-refractivity contribution in [2.75, 3.05) is 43.0 Å². The first-order valence-corrected chi connectivity index (χ1v) is 11.0. The first kappa shape index (κ1) is 20.7. The SMILES string of the molecule is CC1(C)CN(c2cnc3nc(-c4cc(NC(=O)N5CCCC5)ccc4F)ccn23)CCO1. The standard InChI is InChI=1S/C23H27FN6O2/c1-23(2)15-29(11-12-32-23)20-14-25-21-27-19(7-10-30(20)21)17-13-16(5-6-18(17)24)26-22(31)28-8-3-4-9-28/h5-7,10,13-14H,3-4,8-9,11-12,15H2,1-2H3,(H,26,31). The number of anilines is 2. The minimum absolute atomic E-state index is 0.158. The number of hydrogen-bond donors (Lipinski definition) is 1. The van der Waals surface area contributed by atoms with Crippen LogP contribution in [0.5, 0.6) is 0 Å². The molecule has 2 amide bonds. The van der Waals surface area contributed by atoms with Gasteiger partial charge in [-0.3, -0.25) is 4.40 Å². The van der Waals surface area contributed by atoms with E-state index in [1.54, 1.807) is 29.3 Å². The van der Waals surface area contributed by atoms with Gasteiger partial charge in [-0.15, -0.1) is 0 Å². The van der Waals surface area contributed by atoms with Crippen molar-refractivity contribution in [2.24, 2.45) is 0 Å².